The lowest BCUT2D eigenvalue weighted by Gasteiger charge is -2.11. The number of halogens is 2. The van der Waals surface area contributed by atoms with Gasteiger partial charge in [-0.25, -0.2) is 4.98 Å². The van der Waals surface area contributed by atoms with Crippen LogP contribution in [0.4, 0.5) is 5.69 Å². The summed E-state index contributed by atoms with van der Waals surface area (Å²) in [6, 6.07) is 3.98. The highest BCUT2D eigenvalue weighted by Crippen LogP contribution is 2.30. The Morgan fingerprint density at radius 2 is 2.10 bits per heavy atom. The lowest BCUT2D eigenvalue weighted by molar-refractivity contribution is 0.990. The van der Waals surface area contributed by atoms with E-state index in [0.29, 0.717) is 6.54 Å². The third kappa shape index (κ3) is 2.82. The van der Waals surface area contributed by atoms with Gasteiger partial charge in [-0.15, -0.1) is 11.3 Å². The molecule has 1 N–H and O–H groups in total. The molecule has 3 aromatic rings. The Morgan fingerprint density at radius 3 is 2.86 bits per heavy atom. The van der Waals surface area contributed by atoms with Crippen molar-refractivity contribution in [2.24, 2.45) is 0 Å². The molecule has 0 fully saturated rings. The van der Waals surface area contributed by atoms with E-state index in [4.69, 9.17) is 11.6 Å². The Morgan fingerprint density at radius 1 is 1.33 bits per heavy atom. The molecule has 0 bridgehead atoms. The first-order chi connectivity index (χ1) is 9.95. The van der Waals surface area contributed by atoms with E-state index in [-0.39, 0.29) is 0 Å². The molecule has 0 aliphatic carbocycles. The number of rotatable bonds is 3. The highest BCUT2D eigenvalue weighted by atomic mass is 79.9. The largest absolute Gasteiger partial charge is 0.378 e. The minimum Gasteiger partial charge on any atom is -0.378 e. The van der Waals surface area contributed by atoms with E-state index in [1.54, 1.807) is 11.3 Å². The second-order valence-corrected chi connectivity index (χ2v) is 7.55. The van der Waals surface area contributed by atoms with Crippen molar-refractivity contribution < 1.29 is 0 Å². The van der Waals surface area contributed by atoms with Crippen LogP contribution >= 0.6 is 38.9 Å². The average molecular weight is 385 g/mol. The molecule has 21 heavy (non-hydrogen) atoms. The topological polar surface area (TPSA) is 29.3 Å². The van der Waals surface area contributed by atoms with Crippen LogP contribution in [-0.2, 0) is 6.54 Å². The lowest BCUT2D eigenvalue weighted by Crippen LogP contribution is -2.04. The van der Waals surface area contributed by atoms with Crippen LogP contribution in [0.2, 0.25) is 5.02 Å². The summed E-state index contributed by atoms with van der Waals surface area (Å²) >= 11 is 11.5. The number of aromatic nitrogens is 2. The van der Waals surface area contributed by atoms with Crippen LogP contribution in [-0.4, -0.2) is 9.38 Å². The maximum absolute atomic E-state index is 6.20. The summed E-state index contributed by atoms with van der Waals surface area (Å²) in [6.45, 7) is 6.85. The van der Waals surface area contributed by atoms with Gasteiger partial charge in [0.1, 0.15) is 0 Å². The molecule has 0 saturated carbocycles. The Balaban J connectivity index is 1.90. The van der Waals surface area contributed by atoms with E-state index in [9.17, 15) is 0 Å². The molecule has 0 unspecified atom stereocenters. The lowest BCUT2D eigenvalue weighted by atomic mass is 10.2. The highest BCUT2D eigenvalue weighted by molar-refractivity contribution is 9.10. The van der Waals surface area contributed by atoms with Crippen molar-refractivity contribution in [3.63, 3.8) is 0 Å². The first kappa shape index (κ1) is 14.9. The van der Waals surface area contributed by atoms with Gasteiger partial charge >= 0.3 is 0 Å². The fraction of sp³-hybridized carbons (Fsp3) is 0.267. The van der Waals surface area contributed by atoms with Crippen LogP contribution < -0.4 is 5.32 Å². The number of nitrogens with one attached hydrogen (secondary N) is 1. The van der Waals surface area contributed by atoms with Crippen LogP contribution in [0.25, 0.3) is 4.96 Å². The maximum Gasteiger partial charge on any atom is 0.194 e. The van der Waals surface area contributed by atoms with Crippen molar-refractivity contribution in [3.8, 4) is 0 Å². The second kappa shape index (κ2) is 5.63. The van der Waals surface area contributed by atoms with Crippen molar-refractivity contribution in [1.29, 1.82) is 0 Å². The molecule has 0 spiro atoms. The molecule has 0 aliphatic rings. The summed E-state index contributed by atoms with van der Waals surface area (Å²) in [4.78, 5) is 6.91. The van der Waals surface area contributed by atoms with Crippen LogP contribution in [0, 0.1) is 20.8 Å². The molecular weight excluding hydrogens is 370 g/mol. The molecule has 0 amide bonds. The Hall–Kier alpha value is -1.04. The van der Waals surface area contributed by atoms with Gasteiger partial charge in [0.15, 0.2) is 4.96 Å². The van der Waals surface area contributed by atoms with Gasteiger partial charge in [-0.2, -0.15) is 0 Å². The predicted molar refractivity (Wildman–Crippen MR) is 93.8 cm³/mol. The number of fused-ring (bicyclic) bond motifs is 1. The number of hydrogen-bond acceptors (Lipinski definition) is 3. The Kier molecular flexibility index (Phi) is 3.99. The van der Waals surface area contributed by atoms with Gasteiger partial charge in [0.25, 0.3) is 0 Å². The molecule has 1 aromatic carbocycles. The minimum atomic E-state index is 0.709. The number of thiazole rings is 1. The molecule has 2 heterocycles. The van der Waals surface area contributed by atoms with Gasteiger partial charge in [-0.1, -0.05) is 11.6 Å². The van der Waals surface area contributed by atoms with E-state index < -0.39 is 0 Å². The van der Waals surface area contributed by atoms with Crippen LogP contribution in [0.15, 0.2) is 22.8 Å². The molecule has 0 radical (unpaired) electrons. The van der Waals surface area contributed by atoms with Crippen molar-refractivity contribution in [3.05, 3.63) is 49.7 Å². The minimum absolute atomic E-state index is 0.709. The fourth-order valence-corrected chi connectivity index (χ4v) is 3.93. The monoisotopic (exact) mass is 383 g/mol. The Bertz CT molecular complexity index is 822. The van der Waals surface area contributed by atoms with Gasteiger partial charge in [-0.3, -0.25) is 4.40 Å². The molecule has 0 aliphatic heterocycles. The molecular formula is C15H15BrClN3S. The highest BCUT2D eigenvalue weighted by Gasteiger charge is 2.12. The molecule has 6 heteroatoms. The number of hydrogen-bond donors (Lipinski definition) is 1. The van der Waals surface area contributed by atoms with E-state index >= 15 is 0 Å². The van der Waals surface area contributed by atoms with Gasteiger partial charge in [0, 0.05) is 20.6 Å². The van der Waals surface area contributed by atoms with Crippen molar-refractivity contribution >= 4 is 49.5 Å². The first-order valence-electron chi connectivity index (χ1n) is 6.59. The molecule has 2 aromatic heterocycles. The van der Waals surface area contributed by atoms with E-state index in [2.05, 4.69) is 43.8 Å². The zero-order valence-electron chi connectivity index (χ0n) is 12.0. The summed E-state index contributed by atoms with van der Waals surface area (Å²) in [5, 5.41) is 4.20. The summed E-state index contributed by atoms with van der Waals surface area (Å²) in [6.07, 6.45) is 2.13. The number of aryl methyl sites for hydroxylation is 3. The van der Waals surface area contributed by atoms with E-state index in [1.165, 1.54) is 10.6 Å². The zero-order chi connectivity index (χ0) is 15.1. The summed E-state index contributed by atoms with van der Waals surface area (Å²) in [7, 11) is 0. The fourth-order valence-electron chi connectivity index (χ4n) is 2.28. The first-order valence-corrected chi connectivity index (χ1v) is 8.58. The van der Waals surface area contributed by atoms with Crippen LogP contribution in [0.1, 0.15) is 21.8 Å². The molecule has 3 nitrogen and oxygen atoms in total. The summed E-state index contributed by atoms with van der Waals surface area (Å²) in [5.74, 6) is 0. The van der Waals surface area contributed by atoms with Gasteiger partial charge in [-0.05, 0) is 54.4 Å². The number of imidazole rings is 1. The SMILES string of the molecule is Cc1cn2c(CNc3cc(Cl)c(C)cc3Br)c(C)nc2s1. The molecule has 0 saturated heterocycles. The third-order valence-corrected chi connectivity index (χ3v) is 5.40. The average Bonchev–Trinajstić information content (AvgIpc) is 2.88. The summed E-state index contributed by atoms with van der Waals surface area (Å²) < 4.78 is 3.18. The standard InChI is InChI=1S/C15H15BrClN3S/c1-8-4-11(16)13(5-12(8)17)18-6-14-10(3)19-15-20(14)7-9(2)21-15/h4-5,7,18H,6H2,1-3H3. The number of nitrogens with zero attached hydrogens (tertiary/aromatic N) is 2. The van der Waals surface area contributed by atoms with Gasteiger partial charge in [0.2, 0.25) is 0 Å². The normalized spacial score (nSPS) is 11.3. The van der Waals surface area contributed by atoms with Gasteiger partial charge in [0.05, 0.1) is 23.6 Å². The van der Waals surface area contributed by atoms with Crippen LogP contribution in [0.5, 0.6) is 0 Å². The molecule has 110 valence electrons. The zero-order valence-corrected chi connectivity index (χ0v) is 15.2. The molecule has 0 atom stereocenters. The van der Waals surface area contributed by atoms with Crippen molar-refractivity contribution in [1.82, 2.24) is 9.38 Å². The number of anilines is 1. The number of benzene rings is 1. The molecule has 3 rings (SSSR count). The van der Waals surface area contributed by atoms with Gasteiger partial charge < -0.3 is 5.32 Å². The third-order valence-electron chi connectivity index (χ3n) is 3.44. The predicted octanol–water partition coefficient (Wildman–Crippen LogP) is 5.35. The van der Waals surface area contributed by atoms with Crippen molar-refractivity contribution in [2.45, 2.75) is 27.3 Å². The quantitative estimate of drug-likeness (QED) is 0.659. The summed E-state index contributed by atoms with van der Waals surface area (Å²) in [5.41, 5.74) is 4.29. The van der Waals surface area contributed by atoms with E-state index in [0.717, 1.165) is 31.4 Å². The Labute approximate surface area is 141 Å². The van der Waals surface area contributed by atoms with Crippen molar-refractivity contribution in [2.75, 3.05) is 5.32 Å². The second-order valence-electron chi connectivity index (χ2n) is 5.07. The maximum atomic E-state index is 6.20. The van der Waals surface area contributed by atoms with Crippen LogP contribution in [0.3, 0.4) is 0 Å². The smallest absolute Gasteiger partial charge is 0.194 e. The van der Waals surface area contributed by atoms with E-state index in [1.807, 2.05) is 26.0 Å².